The lowest BCUT2D eigenvalue weighted by Crippen LogP contribution is -1.98. The second kappa shape index (κ2) is 3.91. The van der Waals surface area contributed by atoms with Gasteiger partial charge in [0, 0.05) is 13.5 Å². The highest BCUT2D eigenvalue weighted by Crippen LogP contribution is 2.06. The summed E-state index contributed by atoms with van der Waals surface area (Å²) in [5.74, 6) is 0.570. The summed E-state index contributed by atoms with van der Waals surface area (Å²) < 4.78 is 5.17. The predicted molar refractivity (Wildman–Crippen MR) is 52.8 cm³/mol. The van der Waals surface area contributed by atoms with Crippen LogP contribution in [0.3, 0.4) is 0 Å². The van der Waals surface area contributed by atoms with Gasteiger partial charge in [-0.2, -0.15) is 0 Å². The van der Waals surface area contributed by atoms with E-state index in [2.05, 4.69) is 15.5 Å². The normalized spacial score (nSPS) is 10.1. The van der Waals surface area contributed by atoms with Gasteiger partial charge in [-0.3, -0.25) is 0 Å². The van der Waals surface area contributed by atoms with E-state index in [-0.39, 0.29) is 0 Å². The van der Waals surface area contributed by atoms with Gasteiger partial charge in [0.2, 0.25) is 5.89 Å². The smallest absolute Gasteiger partial charge is 0.315 e. The summed E-state index contributed by atoms with van der Waals surface area (Å²) in [6, 6.07) is 10.5. The first kappa shape index (κ1) is 8.74. The molecule has 0 aliphatic heterocycles. The van der Waals surface area contributed by atoms with Crippen LogP contribution in [-0.2, 0) is 6.54 Å². The molecule has 0 spiro atoms. The molecule has 1 aromatic heterocycles. The van der Waals surface area contributed by atoms with E-state index in [4.69, 9.17) is 4.42 Å². The third-order valence-corrected chi connectivity index (χ3v) is 1.81. The second-order valence-corrected chi connectivity index (χ2v) is 2.97. The monoisotopic (exact) mass is 189 g/mol. The standard InChI is InChI=1S/C10H11N3O/c1-8-12-13-10(14-8)11-7-9-5-3-2-4-6-9/h2-6H,7H2,1H3,(H,11,13). The minimum absolute atomic E-state index is 0.464. The van der Waals surface area contributed by atoms with Crippen molar-refractivity contribution in [2.45, 2.75) is 13.5 Å². The number of hydrogen-bond donors (Lipinski definition) is 1. The molecule has 0 saturated carbocycles. The zero-order chi connectivity index (χ0) is 9.80. The molecule has 14 heavy (non-hydrogen) atoms. The first-order valence-corrected chi connectivity index (χ1v) is 4.42. The van der Waals surface area contributed by atoms with Gasteiger partial charge in [-0.25, -0.2) is 0 Å². The molecule has 1 N–H and O–H groups in total. The Kier molecular flexibility index (Phi) is 2.44. The minimum atomic E-state index is 0.464. The number of rotatable bonds is 3. The largest absolute Gasteiger partial charge is 0.408 e. The van der Waals surface area contributed by atoms with E-state index >= 15 is 0 Å². The van der Waals surface area contributed by atoms with Gasteiger partial charge in [-0.15, -0.1) is 5.10 Å². The zero-order valence-corrected chi connectivity index (χ0v) is 7.90. The number of hydrogen-bond acceptors (Lipinski definition) is 4. The lowest BCUT2D eigenvalue weighted by atomic mass is 10.2. The van der Waals surface area contributed by atoms with Crippen LogP contribution in [0.15, 0.2) is 34.7 Å². The summed E-state index contributed by atoms with van der Waals surface area (Å²) in [5.41, 5.74) is 1.18. The van der Waals surface area contributed by atoms with Crippen LogP contribution in [-0.4, -0.2) is 10.2 Å². The van der Waals surface area contributed by atoms with E-state index in [1.807, 2.05) is 30.3 Å². The van der Waals surface area contributed by atoms with Crippen LogP contribution in [0.5, 0.6) is 0 Å². The van der Waals surface area contributed by atoms with Crippen LogP contribution < -0.4 is 5.32 Å². The zero-order valence-electron chi connectivity index (χ0n) is 7.90. The fraction of sp³-hybridized carbons (Fsp3) is 0.200. The van der Waals surface area contributed by atoms with Crippen molar-refractivity contribution in [1.29, 1.82) is 0 Å². The maximum Gasteiger partial charge on any atom is 0.315 e. The van der Waals surface area contributed by atoms with Gasteiger partial charge in [-0.05, 0) is 5.56 Å². The fourth-order valence-electron chi connectivity index (χ4n) is 1.14. The van der Waals surface area contributed by atoms with Crippen LogP contribution >= 0.6 is 0 Å². The molecule has 2 aromatic rings. The molecule has 0 fully saturated rings. The topological polar surface area (TPSA) is 51.0 Å². The fourth-order valence-corrected chi connectivity index (χ4v) is 1.14. The summed E-state index contributed by atoms with van der Waals surface area (Å²) in [7, 11) is 0. The molecule has 0 atom stereocenters. The van der Waals surface area contributed by atoms with E-state index in [1.54, 1.807) is 6.92 Å². The van der Waals surface area contributed by atoms with Gasteiger partial charge < -0.3 is 9.73 Å². The molecule has 0 amide bonds. The second-order valence-electron chi connectivity index (χ2n) is 2.97. The van der Waals surface area contributed by atoms with Crippen LogP contribution in [0.1, 0.15) is 11.5 Å². The van der Waals surface area contributed by atoms with E-state index in [0.717, 1.165) is 0 Å². The van der Waals surface area contributed by atoms with Crippen molar-refractivity contribution in [2.75, 3.05) is 5.32 Å². The number of aromatic nitrogens is 2. The lowest BCUT2D eigenvalue weighted by Gasteiger charge is -1.99. The Morgan fingerprint density at radius 1 is 1.21 bits per heavy atom. The molecule has 2 rings (SSSR count). The Morgan fingerprint density at radius 2 is 2.00 bits per heavy atom. The highest BCUT2D eigenvalue weighted by atomic mass is 16.4. The van der Waals surface area contributed by atoms with E-state index in [9.17, 15) is 0 Å². The highest BCUT2D eigenvalue weighted by Gasteiger charge is 1.99. The molecule has 0 radical (unpaired) electrons. The van der Waals surface area contributed by atoms with Gasteiger partial charge >= 0.3 is 6.01 Å². The average Bonchev–Trinajstić information content (AvgIpc) is 2.63. The molecular formula is C10H11N3O. The average molecular weight is 189 g/mol. The van der Waals surface area contributed by atoms with Crippen molar-refractivity contribution in [2.24, 2.45) is 0 Å². The van der Waals surface area contributed by atoms with Crippen molar-refractivity contribution >= 4 is 6.01 Å². The molecule has 0 saturated heterocycles. The van der Waals surface area contributed by atoms with Crippen molar-refractivity contribution in [3.8, 4) is 0 Å². The molecule has 1 heterocycles. The number of aryl methyl sites for hydroxylation is 1. The Morgan fingerprint density at radius 3 is 2.64 bits per heavy atom. The van der Waals surface area contributed by atoms with Gasteiger partial charge in [0.1, 0.15) is 0 Å². The molecular weight excluding hydrogens is 178 g/mol. The van der Waals surface area contributed by atoms with Crippen molar-refractivity contribution in [1.82, 2.24) is 10.2 Å². The molecule has 0 aliphatic carbocycles. The van der Waals surface area contributed by atoms with Gasteiger partial charge in [0.05, 0.1) is 0 Å². The van der Waals surface area contributed by atoms with Crippen LogP contribution in [0.2, 0.25) is 0 Å². The molecule has 4 nitrogen and oxygen atoms in total. The summed E-state index contributed by atoms with van der Waals surface area (Å²) in [5, 5.41) is 10.6. The first-order chi connectivity index (χ1) is 6.84. The van der Waals surface area contributed by atoms with Crippen LogP contribution in [0.4, 0.5) is 6.01 Å². The van der Waals surface area contributed by atoms with Crippen molar-refractivity contribution in [3.05, 3.63) is 41.8 Å². The SMILES string of the molecule is Cc1nnc(NCc2ccccc2)o1. The van der Waals surface area contributed by atoms with Crippen molar-refractivity contribution < 1.29 is 4.42 Å². The quantitative estimate of drug-likeness (QED) is 0.802. The summed E-state index contributed by atoms with van der Waals surface area (Å²) in [6.45, 7) is 2.46. The highest BCUT2D eigenvalue weighted by molar-refractivity contribution is 5.23. The summed E-state index contributed by atoms with van der Waals surface area (Å²) in [6.07, 6.45) is 0. The third-order valence-electron chi connectivity index (χ3n) is 1.81. The number of anilines is 1. The summed E-state index contributed by atoms with van der Waals surface area (Å²) in [4.78, 5) is 0. The third kappa shape index (κ3) is 2.10. The molecule has 1 aromatic carbocycles. The van der Waals surface area contributed by atoms with Gasteiger partial charge in [-0.1, -0.05) is 35.4 Å². The lowest BCUT2D eigenvalue weighted by molar-refractivity contribution is 0.530. The van der Waals surface area contributed by atoms with E-state index in [0.29, 0.717) is 18.5 Å². The Hall–Kier alpha value is -1.84. The molecule has 4 heteroatoms. The molecule has 0 bridgehead atoms. The number of nitrogens with one attached hydrogen (secondary N) is 1. The Labute approximate surface area is 82.0 Å². The Bertz CT molecular complexity index is 397. The number of benzene rings is 1. The molecule has 0 aliphatic rings. The van der Waals surface area contributed by atoms with E-state index in [1.165, 1.54) is 5.56 Å². The first-order valence-electron chi connectivity index (χ1n) is 4.42. The Balaban J connectivity index is 1.95. The number of nitrogens with zero attached hydrogens (tertiary/aromatic N) is 2. The molecule has 0 unspecified atom stereocenters. The van der Waals surface area contributed by atoms with Gasteiger partial charge in [0.25, 0.3) is 0 Å². The molecule has 72 valence electrons. The maximum absolute atomic E-state index is 5.17. The van der Waals surface area contributed by atoms with Crippen molar-refractivity contribution in [3.63, 3.8) is 0 Å². The van der Waals surface area contributed by atoms with Crippen LogP contribution in [0.25, 0.3) is 0 Å². The summed E-state index contributed by atoms with van der Waals surface area (Å²) >= 11 is 0. The van der Waals surface area contributed by atoms with Crippen LogP contribution in [0, 0.1) is 6.92 Å². The van der Waals surface area contributed by atoms with Gasteiger partial charge in [0.15, 0.2) is 0 Å². The van der Waals surface area contributed by atoms with E-state index < -0.39 is 0 Å². The predicted octanol–water partition coefficient (Wildman–Crippen LogP) is 1.99. The maximum atomic E-state index is 5.17. The minimum Gasteiger partial charge on any atom is -0.408 e.